The van der Waals surface area contributed by atoms with Crippen LogP contribution in [-0.2, 0) is 19.4 Å². The van der Waals surface area contributed by atoms with Crippen molar-refractivity contribution in [1.82, 2.24) is 0 Å². The van der Waals surface area contributed by atoms with E-state index in [1.807, 2.05) is 12.2 Å². The molecule has 3 saturated carbocycles. The van der Waals surface area contributed by atoms with Gasteiger partial charge in [-0.1, -0.05) is 26.0 Å². The van der Waals surface area contributed by atoms with Gasteiger partial charge in [-0.05, 0) is 48.9 Å². The van der Waals surface area contributed by atoms with E-state index in [9.17, 15) is 18.3 Å². The van der Waals surface area contributed by atoms with Crippen molar-refractivity contribution in [1.29, 1.82) is 0 Å². The SMILES string of the molecule is COC(=O)[C@H]1[C@@H](S(=O)(=O)C[C@]23CC[C@H](C[C@H]2O)C3(C)C)[C@H]2C=C[C@@H]1C2. The van der Waals surface area contributed by atoms with Crippen molar-refractivity contribution in [2.24, 2.45) is 34.5 Å². The highest BCUT2D eigenvalue weighted by molar-refractivity contribution is 7.92. The summed E-state index contributed by atoms with van der Waals surface area (Å²) in [6.07, 6.45) is 6.50. The summed E-state index contributed by atoms with van der Waals surface area (Å²) in [4.78, 5) is 12.3. The molecule has 0 amide bonds. The summed E-state index contributed by atoms with van der Waals surface area (Å²) in [7, 11) is -2.21. The predicted octanol–water partition coefficient (Wildman–Crippen LogP) is 1.95. The molecular formula is C19H28O5S. The Labute approximate surface area is 149 Å². The van der Waals surface area contributed by atoms with Gasteiger partial charge in [0.15, 0.2) is 9.84 Å². The third-order valence-electron chi connectivity index (χ3n) is 8.12. The molecule has 0 aromatic rings. The van der Waals surface area contributed by atoms with Gasteiger partial charge in [-0.3, -0.25) is 4.79 Å². The van der Waals surface area contributed by atoms with Gasteiger partial charge in [0.1, 0.15) is 0 Å². The van der Waals surface area contributed by atoms with Crippen molar-refractivity contribution >= 4 is 15.8 Å². The third kappa shape index (κ3) is 2.16. The third-order valence-corrected chi connectivity index (χ3v) is 10.5. The first-order chi connectivity index (χ1) is 11.6. The molecule has 6 heteroatoms. The van der Waals surface area contributed by atoms with Crippen LogP contribution in [0.25, 0.3) is 0 Å². The first kappa shape index (κ1) is 17.5. The Hall–Kier alpha value is -0.880. The monoisotopic (exact) mass is 368 g/mol. The van der Waals surface area contributed by atoms with E-state index in [2.05, 4.69) is 13.8 Å². The van der Waals surface area contributed by atoms with Crippen LogP contribution in [0.3, 0.4) is 0 Å². The molecule has 0 aromatic heterocycles. The van der Waals surface area contributed by atoms with Crippen LogP contribution >= 0.6 is 0 Å². The highest BCUT2D eigenvalue weighted by atomic mass is 32.2. The molecule has 1 N–H and O–H groups in total. The molecule has 140 valence electrons. The number of aliphatic hydroxyl groups is 1. The number of rotatable bonds is 4. The predicted molar refractivity (Wildman–Crippen MR) is 93.4 cm³/mol. The minimum absolute atomic E-state index is 0.0140. The van der Waals surface area contributed by atoms with Crippen molar-refractivity contribution in [3.05, 3.63) is 12.2 Å². The second kappa shape index (κ2) is 5.32. The number of hydrogen-bond acceptors (Lipinski definition) is 5. The van der Waals surface area contributed by atoms with Gasteiger partial charge in [-0.25, -0.2) is 8.42 Å². The minimum Gasteiger partial charge on any atom is -0.469 e. The number of allylic oxidation sites excluding steroid dienone is 2. The summed E-state index contributed by atoms with van der Waals surface area (Å²) >= 11 is 0. The zero-order valence-electron chi connectivity index (χ0n) is 15.1. The number of carbonyl (C=O) groups excluding carboxylic acids is 1. The van der Waals surface area contributed by atoms with E-state index in [1.165, 1.54) is 7.11 Å². The molecule has 4 aliphatic rings. The summed E-state index contributed by atoms with van der Waals surface area (Å²) in [6.45, 7) is 4.21. The van der Waals surface area contributed by atoms with E-state index in [4.69, 9.17) is 4.74 Å². The quantitative estimate of drug-likeness (QED) is 0.606. The van der Waals surface area contributed by atoms with Crippen molar-refractivity contribution in [2.75, 3.05) is 12.9 Å². The normalized spacial score (nSPS) is 46.7. The number of ether oxygens (including phenoxy) is 1. The summed E-state index contributed by atoms with van der Waals surface area (Å²) in [6, 6.07) is 0. The summed E-state index contributed by atoms with van der Waals surface area (Å²) in [5.41, 5.74) is -0.767. The maximum atomic E-state index is 13.5. The van der Waals surface area contributed by atoms with Gasteiger partial charge in [-0.15, -0.1) is 0 Å². The minimum atomic E-state index is -3.54. The zero-order valence-corrected chi connectivity index (χ0v) is 16.0. The van der Waals surface area contributed by atoms with E-state index in [0.29, 0.717) is 18.8 Å². The van der Waals surface area contributed by atoms with E-state index in [-0.39, 0.29) is 23.0 Å². The highest BCUT2D eigenvalue weighted by Crippen LogP contribution is 2.66. The molecule has 0 unspecified atom stereocenters. The van der Waals surface area contributed by atoms with E-state index < -0.39 is 38.5 Å². The topological polar surface area (TPSA) is 80.7 Å². The maximum absolute atomic E-state index is 13.5. The number of aliphatic hydroxyl groups excluding tert-OH is 1. The molecule has 0 spiro atoms. The number of sulfone groups is 1. The molecule has 4 aliphatic carbocycles. The smallest absolute Gasteiger partial charge is 0.310 e. The molecule has 4 bridgehead atoms. The average molecular weight is 368 g/mol. The second-order valence-electron chi connectivity index (χ2n) is 9.13. The fourth-order valence-electron chi connectivity index (χ4n) is 6.55. The van der Waals surface area contributed by atoms with Crippen molar-refractivity contribution in [2.45, 2.75) is 50.9 Å². The Morgan fingerprint density at radius 1 is 1.24 bits per heavy atom. The summed E-state index contributed by atoms with van der Waals surface area (Å²) < 4.78 is 31.9. The lowest BCUT2D eigenvalue weighted by Crippen LogP contribution is -2.49. The Kier molecular flexibility index (Phi) is 3.73. The van der Waals surface area contributed by atoms with Crippen molar-refractivity contribution in [3.8, 4) is 0 Å². The first-order valence-electron chi connectivity index (χ1n) is 9.30. The number of fused-ring (bicyclic) bond motifs is 4. The zero-order chi connectivity index (χ0) is 18.2. The largest absolute Gasteiger partial charge is 0.469 e. The lowest BCUT2D eigenvalue weighted by molar-refractivity contribution is -0.146. The van der Waals surface area contributed by atoms with E-state index in [1.54, 1.807) is 0 Å². The van der Waals surface area contributed by atoms with Crippen LogP contribution in [0.15, 0.2) is 12.2 Å². The summed E-state index contributed by atoms with van der Waals surface area (Å²) in [5, 5.41) is 9.99. The molecule has 0 saturated heterocycles. The van der Waals surface area contributed by atoms with Crippen molar-refractivity contribution < 1.29 is 23.1 Å². The van der Waals surface area contributed by atoms with Crippen LogP contribution in [0.1, 0.15) is 39.5 Å². The molecule has 7 atom stereocenters. The van der Waals surface area contributed by atoms with Crippen LogP contribution < -0.4 is 0 Å². The number of esters is 1. The fourth-order valence-corrected chi connectivity index (χ4v) is 9.66. The van der Waals surface area contributed by atoms with Gasteiger partial charge in [0.2, 0.25) is 0 Å². The molecule has 25 heavy (non-hydrogen) atoms. The molecule has 0 aliphatic heterocycles. The van der Waals surface area contributed by atoms with Gasteiger partial charge < -0.3 is 9.84 Å². The first-order valence-corrected chi connectivity index (χ1v) is 11.0. The van der Waals surface area contributed by atoms with Gasteiger partial charge in [0.05, 0.1) is 30.1 Å². The van der Waals surface area contributed by atoms with E-state index >= 15 is 0 Å². The Balaban J connectivity index is 1.68. The van der Waals surface area contributed by atoms with Gasteiger partial charge in [0, 0.05) is 5.41 Å². The molecule has 0 heterocycles. The average Bonchev–Trinajstić information content (AvgIpc) is 3.25. The lowest BCUT2D eigenvalue weighted by Gasteiger charge is -2.41. The Bertz CT molecular complexity index is 724. The second-order valence-corrected chi connectivity index (χ2v) is 11.3. The Morgan fingerprint density at radius 3 is 2.48 bits per heavy atom. The van der Waals surface area contributed by atoms with Crippen LogP contribution in [0.2, 0.25) is 0 Å². The summed E-state index contributed by atoms with van der Waals surface area (Å²) in [5.74, 6) is -0.783. The van der Waals surface area contributed by atoms with Crippen LogP contribution in [0.5, 0.6) is 0 Å². The number of carbonyl (C=O) groups is 1. The van der Waals surface area contributed by atoms with Crippen LogP contribution in [0, 0.1) is 34.5 Å². The molecule has 0 aromatic carbocycles. The Morgan fingerprint density at radius 2 is 1.92 bits per heavy atom. The molecular weight excluding hydrogens is 340 g/mol. The van der Waals surface area contributed by atoms with Gasteiger partial charge in [-0.2, -0.15) is 0 Å². The fraction of sp³-hybridized carbons (Fsp3) is 0.842. The highest BCUT2D eigenvalue weighted by Gasteiger charge is 2.66. The number of methoxy groups -OCH3 is 1. The van der Waals surface area contributed by atoms with Crippen molar-refractivity contribution in [3.63, 3.8) is 0 Å². The standard InChI is InChI=1S/C19H28O5S/c1-18(2)13-6-7-19(18,14(20)9-13)10-25(22,23)16-12-5-4-11(8-12)15(16)17(21)24-3/h4-5,11-16,20H,6-10H2,1-3H3/t11-,12+,13-,14-,15-,16+,19-/m1/s1. The molecule has 4 rings (SSSR count). The molecule has 3 fully saturated rings. The lowest BCUT2D eigenvalue weighted by atomic mass is 9.70. The van der Waals surface area contributed by atoms with Gasteiger partial charge in [0.25, 0.3) is 0 Å². The molecule has 0 radical (unpaired) electrons. The van der Waals surface area contributed by atoms with Gasteiger partial charge >= 0.3 is 5.97 Å². The number of hydrogen-bond donors (Lipinski definition) is 1. The molecule has 5 nitrogen and oxygen atoms in total. The van der Waals surface area contributed by atoms with E-state index in [0.717, 1.165) is 12.8 Å². The van der Waals surface area contributed by atoms with Crippen LogP contribution in [-0.4, -0.2) is 43.7 Å². The maximum Gasteiger partial charge on any atom is 0.310 e. The van der Waals surface area contributed by atoms with Crippen LogP contribution in [0.4, 0.5) is 0 Å².